The number of benzene rings is 1. The summed E-state index contributed by atoms with van der Waals surface area (Å²) in [6.07, 6.45) is 6.27. The van der Waals surface area contributed by atoms with Crippen LogP contribution < -0.4 is 4.57 Å². The van der Waals surface area contributed by atoms with Gasteiger partial charge in [0.2, 0.25) is 10.5 Å². The summed E-state index contributed by atoms with van der Waals surface area (Å²) in [6, 6.07) is 8.81. The molecule has 1 unspecified atom stereocenters. The first-order valence-electron chi connectivity index (χ1n) is 8.06. The molecule has 0 saturated carbocycles. The van der Waals surface area contributed by atoms with E-state index >= 15 is 0 Å². The molecule has 0 saturated heterocycles. The molecule has 1 aromatic heterocycles. The lowest BCUT2D eigenvalue weighted by Crippen LogP contribution is -2.36. The number of allylic oxidation sites excluding steroid dienone is 2. The highest BCUT2D eigenvalue weighted by molar-refractivity contribution is 7.18. The molecule has 1 heterocycles. The highest BCUT2D eigenvalue weighted by atomic mass is 32.1. The highest BCUT2D eigenvalue weighted by Gasteiger charge is 2.30. The number of para-hydroxylation sites is 1. The quantitative estimate of drug-likeness (QED) is 0.546. The summed E-state index contributed by atoms with van der Waals surface area (Å²) in [4.78, 5) is 0. The van der Waals surface area contributed by atoms with E-state index < -0.39 is 0 Å². The van der Waals surface area contributed by atoms with Gasteiger partial charge in [0, 0.05) is 12.5 Å². The number of rotatable bonds is 3. The number of hydrogen-bond acceptors (Lipinski definition) is 1. The van der Waals surface area contributed by atoms with Gasteiger partial charge in [0.15, 0.2) is 0 Å². The second-order valence-corrected chi connectivity index (χ2v) is 8.35. The van der Waals surface area contributed by atoms with Gasteiger partial charge in [0.25, 0.3) is 0 Å². The van der Waals surface area contributed by atoms with Crippen LogP contribution >= 0.6 is 11.3 Å². The molecule has 112 valence electrons. The van der Waals surface area contributed by atoms with Crippen molar-refractivity contribution in [1.82, 2.24) is 0 Å². The van der Waals surface area contributed by atoms with Gasteiger partial charge < -0.3 is 0 Å². The van der Waals surface area contributed by atoms with E-state index in [9.17, 15) is 0 Å². The standard InChI is InChI=1S/C19H26NS/c1-5-20-16-8-6-7-9-17(16)21-18(20)11-15-10-14(2)12-19(3,4)13-15/h6-10,15H,5,11-13H2,1-4H3/q+1. The maximum absolute atomic E-state index is 2.52. The van der Waals surface area contributed by atoms with Crippen LogP contribution in [0.2, 0.25) is 0 Å². The summed E-state index contributed by atoms with van der Waals surface area (Å²) in [6.45, 7) is 10.4. The first kappa shape index (κ1) is 14.8. The Morgan fingerprint density at radius 1 is 1.29 bits per heavy atom. The lowest BCUT2D eigenvalue weighted by atomic mass is 9.72. The highest BCUT2D eigenvalue weighted by Crippen LogP contribution is 2.39. The van der Waals surface area contributed by atoms with Gasteiger partial charge in [-0.15, -0.1) is 0 Å². The zero-order valence-electron chi connectivity index (χ0n) is 13.6. The minimum Gasteiger partial charge on any atom is -0.186 e. The summed E-state index contributed by atoms with van der Waals surface area (Å²) < 4.78 is 3.93. The van der Waals surface area contributed by atoms with Gasteiger partial charge in [-0.05, 0) is 44.1 Å². The zero-order valence-corrected chi connectivity index (χ0v) is 14.5. The smallest absolute Gasteiger partial charge is 0.186 e. The minimum absolute atomic E-state index is 0.456. The molecule has 1 atom stereocenters. The van der Waals surface area contributed by atoms with Crippen LogP contribution in [0.25, 0.3) is 10.2 Å². The SMILES string of the molecule is CC[n+]1c(CC2C=C(C)CC(C)(C)C2)sc2ccccc21. The monoisotopic (exact) mass is 300 g/mol. The first-order valence-corrected chi connectivity index (χ1v) is 8.88. The maximum atomic E-state index is 2.52. The molecule has 0 fully saturated rings. The van der Waals surface area contributed by atoms with Crippen molar-refractivity contribution in [3.63, 3.8) is 0 Å². The van der Waals surface area contributed by atoms with Crippen molar-refractivity contribution in [2.24, 2.45) is 11.3 Å². The van der Waals surface area contributed by atoms with Gasteiger partial charge in [-0.25, -0.2) is 0 Å². The van der Waals surface area contributed by atoms with Crippen LogP contribution in [-0.4, -0.2) is 0 Å². The van der Waals surface area contributed by atoms with Crippen LogP contribution in [0.1, 0.15) is 45.5 Å². The molecule has 0 spiro atoms. The molecule has 1 aliphatic carbocycles. The summed E-state index contributed by atoms with van der Waals surface area (Å²) in [5.74, 6) is 0.694. The molecular formula is C19H26NS+. The second kappa shape index (κ2) is 5.57. The molecule has 0 amide bonds. The van der Waals surface area contributed by atoms with Crippen LogP contribution in [0, 0.1) is 11.3 Å². The fourth-order valence-electron chi connectivity index (χ4n) is 3.99. The normalized spacial score (nSPS) is 21.5. The molecule has 0 radical (unpaired) electrons. The van der Waals surface area contributed by atoms with Crippen LogP contribution in [0.15, 0.2) is 35.9 Å². The average Bonchev–Trinajstić information content (AvgIpc) is 2.73. The Labute approximate surface area is 132 Å². The fourth-order valence-corrected chi connectivity index (χ4v) is 5.31. The van der Waals surface area contributed by atoms with Crippen molar-refractivity contribution in [1.29, 1.82) is 0 Å². The zero-order chi connectivity index (χ0) is 15.0. The van der Waals surface area contributed by atoms with E-state index in [1.54, 1.807) is 5.57 Å². The summed E-state index contributed by atoms with van der Waals surface area (Å²) in [7, 11) is 0. The molecule has 1 aromatic carbocycles. The average molecular weight is 300 g/mol. The Morgan fingerprint density at radius 2 is 2.05 bits per heavy atom. The van der Waals surface area contributed by atoms with E-state index in [0.29, 0.717) is 11.3 Å². The molecule has 2 heteroatoms. The Morgan fingerprint density at radius 3 is 2.76 bits per heavy atom. The van der Waals surface area contributed by atoms with Gasteiger partial charge >= 0.3 is 0 Å². The van der Waals surface area contributed by atoms with E-state index in [2.05, 4.69) is 62.6 Å². The number of hydrogen-bond donors (Lipinski definition) is 0. The van der Waals surface area contributed by atoms with Crippen LogP contribution in [0.4, 0.5) is 0 Å². The molecule has 21 heavy (non-hydrogen) atoms. The number of nitrogens with zero attached hydrogens (tertiary/aromatic N) is 1. The van der Waals surface area contributed by atoms with Gasteiger partial charge in [-0.1, -0.05) is 49.0 Å². The summed E-state index contributed by atoms with van der Waals surface area (Å²) in [5, 5.41) is 1.53. The van der Waals surface area contributed by atoms with Crippen LogP contribution in [-0.2, 0) is 13.0 Å². The lowest BCUT2D eigenvalue weighted by Gasteiger charge is -2.33. The Hall–Kier alpha value is -1.15. The molecular weight excluding hydrogens is 274 g/mol. The van der Waals surface area contributed by atoms with E-state index in [4.69, 9.17) is 0 Å². The fraction of sp³-hybridized carbons (Fsp3) is 0.526. The number of thiazole rings is 1. The lowest BCUT2D eigenvalue weighted by molar-refractivity contribution is -0.671. The molecule has 0 aliphatic heterocycles. The molecule has 1 nitrogen and oxygen atoms in total. The molecule has 1 aliphatic rings. The van der Waals surface area contributed by atoms with Gasteiger partial charge in [0.05, 0.1) is 0 Å². The number of aromatic nitrogens is 1. The molecule has 2 aromatic rings. The summed E-state index contributed by atoms with van der Waals surface area (Å²) >= 11 is 1.98. The van der Waals surface area contributed by atoms with Crippen molar-refractivity contribution in [3.8, 4) is 0 Å². The number of aryl methyl sites for hydroxylation is 1. The minimum atomic E-state index is 0.456. The van der Waals surface area contributed by atoms with E-state index in [1.807, 2.05) is 11.3 Å². The largest absolute Gasteiger partial charge is 0.238 e. The van der Waals surface area contributed by atoms with Crippen molar-refractivity contribution in [2.75, 3.05) is 0 Å². The maximum Gasteiger partial charge on any atom is 0.238 e. The molecule has 3 rings (SSSR count). The van der Waals surface area contributed by atoms with Gasteiger partial charge in [-0.2, -0.15) is 4.57 Å². The number of fused-ring (bicyclic) bond motifs is 1. The second-order valence-electron chi connectivity index (χ2n) is 7.23. The van der Waals surface area contributed by atoms with Crippen molar-refractivity contribution >= 4 is 21.6 Å². The third kappa shape index (κ3) is 3.06. The predicted octanol–water partition coefficient (Wildman–Crippen LogP) is 5.13. The Bertz CT molecular complexity index is 678. The van der Waals surface area contributed by atoms with Crippen molar-refractivity contribution in [2.45, 2.75) is 53.5 Å². The van der Waals surface area contributed by atoms with Crippen molar-refractivity contribution < 1.29 is 4.57 Å². The topological polar surface area (TPSA) is 3.88 Å². The van der Waals surface area contributed by atoms with Crippen LogP contribution in [0.5, 0.6) is 0 Å². The Kier molecular flexibility index (Phi) is 3.92. The van der Waals surface area contributed by atoms with Crippen molar-refractivity contribution in [3.05, 3.63) is 40.9 Å². The Balaban J connectivity index is 1.93. The van der Waals surface area contributed by atoms with E-state index in [0.717, 1.165) is 6.54 Å². The van der Waals surface area contributed by atoms with Crippen LogP contribution in [0.3, 0.4) is 0 Å². The molecule has 0 N–H and O–H groups in total. The third-order valence-electron chi connectivity index (χ3n) is 4.53. The third-order valence-corrected chi connectivity index (χ3v) is 5.72. The summed E-state index contributed by atoms with van der Waals surface area (Å²) in [5.41, 5.74) is 3.42. The predicted molar refractivity (Wildman–Crippen MR) is 91.7 cm³/mol. The molecule has 0 bridgehead atoms. The van der Waals surface area contributed by atoms with E-state index in [1.165, 1.54) is 34.5 Å². The van der Waals surface area contributed by atoms with Gasteiger partial charge in [-0.3, -0.25) is 0 Å². The van der Waals surface area contributed by atoms with E-state index in [-0.39, 0.29) is 0 Å². The van der Waals surface area contributed by atoms with Gasteiger partial charge in [0.1, 0.15) is 11.2 Å². The first-order chi connectivity index (χ1) is 9.98.